The maximum absolute atomic E-state index is 12.1. The normalized spacial score (nSPS) is 15.2. The van der Waals surface area contributed by atoms with Crippen molar-refractivity contribution < 1.29 is 9.32 Å². The first kappa shape index (κ1) is 24.7. The number of carbonyl (C=O) groups is 1. The fraction of sp³-hybridized carbons (Fsp3) is 0.750. The number of guanidine groups is 1. The van der Waals surface area contributed by atoms with Crippen molar-refractivity contribution in [3.8, 4) is 0 Å². The van der Waals surface area contributed by atoms with Gasteiger partial charge >= 0.3 is 0 Å². The van der Waals surface area contributed by atoms with E-state index < -0.39 is 0 Å². The molecule has 1 fully saturated rings. The predicted molar refractivity (Wildman–Crippen MR) is 123 cm³/mol. The lowest BCUT2D eigenvalue weighted by molar-refractivity contribution is -0.125. The van der Waals surface area contributed by atoms with Crippen molar-refractivity contribution in [1.29, 1.82) is 0 Å². The zero-order valence-electron chi connectivity index (χ0n) is 17.4. The number of aliphatic imine (C=N–C) groups is 1. The van der Waals surface area contributed by atoms with E-state index in [0.717, 1.165) is 37.1 Å². The van der Waals surface area contributed by atoms with Crippen LogP contribution in [-0.2, 0) is 11.3 Å². The van der Waals surface area contributed by atoms with Crippen molar-refractivity contribution in [3.63, 3.8) is 0 Å². The lowest BCUT2D eigenvalue weighted by Crippen LogP contribution is -2.42. The molecule has 0 unspecified atom stereocenters. The summed E-state index contributed by atoms with van der Waals surface area (Å²) in [6, 6.07) is 2.02. The molecule has 1 aromatic rings. The Morgan fingerprint density at radius 2 is 1.86 bits per heavy atom. The van der Waals surface area contributed by atoms with Gasteiger partial charge in [-0.15, -0.1) is 24.0 Å². The first-order chi connectivity index (χ1) is 13.2. The molecule has 0 spiro atoms. The second-order valence-electron chi connectivity index (χ2n) is 7.21. The predicted octanol–water partition coefficient (Wildman–Crippen LogP) is 3.56. The maximum Gasteiger partial charge on any atom is 0.223 e. The van der Waals surface area contributed by atoms with Crippen LogP contribution in [0.25, 0.3) is 0 Å². The van der Waals surface area contributed by atoms with Gasteiger partial charge in [0.25, 0.3) is 0 Å². The van der Waals surface area contributed by atoms with Gasteiger partial charge in [0.15, 0.2) is 11.7 Å². The van der Waals surface area contributed by atoms with Crippen LogP contribution in [0.5, 0.6) is 0 Å². The van der Waals surface area contributed by atoms with E-state index in [9.17, 15) is 4.79 Å². The van der Waals surface area contributed by atoms with Crippen molar-refractivity contribution in [3.05, 3.63) is 17.5 Å². The van der Waals surface area contributed by atoms with Gasteiger partial charge in [-0.3, -0.25) is 9.79 Å². The molecule has 0 atom stereocenters. The fourth-order valence-electron chi connectivity index (χ4n) is 3.58. The average molecular weight is 505 g/mol. The van der Waals surface area contributed by atoms with Gasteiger partial charge in [-0.1, -0.05) is 38.3 Å². The summed E-state index contributed by atoms with van der Waals surface area (Å²) in [5.74, 6) is 2.32. The third-order valence-electron chi connectivity index (χ3n) is 5.33. The molecule has 7 nitrogen and oxygen atoms in total. The van der Waals surface area contributed by atoms with Gasteiger partial charge in [0.05, 0.1) is 12.2 Å². The number of hydrogen-bond acceptors (Lipinski definition) is 4. The smallest absolute Gasteiger partial charge is 0.223 e. The van der Waals surface area contributed by atoms with Gasteiger partial charge in [0.2, 0.25) is 5.91 Å². The minimum Gasteiger partial charge on any atom is -0.359 e. The Balaban J connectivity index is 0.00000392. The molecule has 1 amide bonds. The minimum atomic E-state index is 0. The molecule has 28 heavy (non-hydrogen) atoms. The SMILES string of the molecule is CCC(CC)c1cc(CNC(=NC)NCCNC(=O)C2CCCCC2)on1.I. The largest absolute Gasteiger partial charge is 0.359 e. The Morgan fingerprint density at radius 3 is 2.50 bits per heavy atom. The molecule has 1 aliphatic carbocycles. The summed E-state index contributed by atoms with van der Waals surface area (Å²) in [7, 11) is 1.73. The quantitative estimate of drug-likeness (QED) is 0.207. The Morgan fingerprint density at radius 1 is 1.18 bits per heavy atom. The van der Waals surface area contributed by atoms with E-state index in [1.54, 1.807) is 7.05 Å². The molecule has 0 aliphatic heterocycles. The number of hydrogen-bond donors (Lipinski definition) is 3. The first-order valence-corrected chi connectivity index (χ1v) is 10.4. The maximum atomic E-state index is 12.1. The number of nitrogens with zero attached hydrogens (tertiary/aromatic N) is 2. The van der Waals surface area contributed by atoms with Crippen LogP contribution in [0.15, 0.2) is 15.6 Å². The van der Waals surface area contributed by atoms with Crippen LogP contribution in [0.1, 0.15) is 76.2 Å². The number of nitrogens with one attached hydrogen (secondary N) is 3. The first-order valence-electron chi connectivity index (χ1n) is 10.4. The van der Waals surface area contributed by atoms with Crippen molar-refractivity contribution in [2.45, 2.75) is 71.3 Å². The van der Waals surface area contributed by atoms with Crippen LogP contribution in [0, 0.1) is 5.92 Å². The van der Waals surface area contributed by atoms with E-state index >= 15 is 0 Å². The molecule has 1 saturated carbocycles. The van der Waals surface area contributed by atoms with E-state index in [0.29, 0.717) is 31.5 Å². The van der Waals surface area contributed by atoms with E-state index in [4.69, 9.17) is 4.52 Å². The van der Waals surface area contributed by atoms with Crippen LogP contribution >= 0.6 is 24.0 Å². The summed E-state index contributed by atoms with van der Waals surface area (Å²) in [6.07, 6.45) is 7.78. The Labute approximate surface area is 185 Å². The topological polar surface area (TPSA) is 91.6 Å². The Kier molecular flexibility index (Phi) is 12.2. The van der Waals surface area contributed by atoms with Gasteiger partial charge in [-0.05, 0) is 25.7 Å². The average Bonchev–Trinajstić information content (AvgIpc) is 3.17. The molecule has 1 aromatic heterocycles. The van der Waals surface area contributed by atoms with Crippen LogP contribution in [0.3, 0.4) is 0 Å². The molecule has 8 heteroatoms. The number of halogens is 1. The van der Waals surface area contributed by atoms with Crippen molar-refractivity contribution in [2.24, 2.45) is 10.9 Å². The molecule has 0 saturated heterocycles. The molecule has 0 aromatic carbocycles. The monoisotopic (exact) mass is 505 g/mol. The molecule has 0 radical (unpaired) electrons. The molecule has 2 rings (SSSR count). The second kappa shape index (κ2) is 13.8. The van der Waals surface area contributed by atoms with E-state index in [2.05, 4.69) is 39.9 Å². The molecule has 1 aliphatic rings. The van der Waals surface area contributed by atoms with Gasteiger partial charge < -0.3 is 20.5 Å². The Bertz CT molecular complexity index is 595. The van der Waals surface area contributed by atoms with E-state index in [1.807, 2.05) is 6.07 Å². The van der Waals surface area contributed by atoms with Crippen LogP contribution in [0.4, 0.5) is 0 Å². The van der Waals surface area contributed by atoms with Crippen LogP contribution in [-0.4, -0.2) is 37.2 Å². The van der Waals surface area contributed by atoms with Crippen molar-refractivity contribution >= 4 is 35.8 Å². The highest BCUT2D eigenvalue weighted by Gasteiger charge is 2.20. The van der Waals surface area contributed by atoms with E-state index in [-0.39, 0.29) is 35.8 Å². The second-order valence-corrected chi connectivity index (χ2v) is 7.21. The van der Waals surface area contributed by atoms with Crippen molar-refractivity contribution in [2.75, 3.05) is 20.1 Å². The highest BCUT2D eigenvalue weighted by molar-refractivity contribution is 14.0. The zero-order valence-corrected chi connectivity index (χ0v) is 19.8. The van der Waals surface area contributed by atoms with Gasteiger partial charge in [0, 0.05) is 38.0 Å². The summed E-state index contributed by atoms with van der Waals surface area (Å²) >= 11 is 0. The number of rotatable bonds is 9. The standard InChI is InChI=1S/C20H35N5O2.HI/c1-4-15(5-2)18-13-17(27-25-18)14-24-20(21-3)23-12-11-22-19(26)16-9-7-6-8-10-16;/h13,15-16H,4-12,14H2,1-3H3,(H,22,26)(H2,21,23,24);1H. The highest BCUT2D eigenvalue weighted by atomic mass is 127. The number of carbonyl (C=O) groups excluding carboxylic acids is 1. The number of amides is 1. The summed E-state index contributed by atoms with van der Waals surface area (Å²) in [6.45, 7) is 6.09. The third kappa shape index (κ3) is 7.97. The molecule has 3 N–H and O–H groups in total. The van der Waals surface area contributed by atoms with Crippen LogP contribution < -0.4 is 16.0 Å². The lowest BCUT2D eigenvalue weighted by atomic mass is 9.89. The summed E-state index contributed by atoms with van der Waals surface area (Å²) in [4.78, 5) is 16.3. The highest BCUT2D eigenvalue weighted by Crippen LogP contribution is 2.23. The van der Waals surface area contributed by atoms with Crippen LogP contribution in [0.2, 0.25) is 0 Å². The van der Waals surface area contributed by atoms with Gasteiger partial charge in [-0.2, -0.15) is 0 Å². The molecular formula is C20H36IN5O2. The third-order valence-corrected chi connectivity index (χ3v) is 5.33. The molecule has 1 heterocycles. The minimum absolute atomic E-state index is 0. The summed E-state index contributed by atoms with van der Waals surface area (Å²) in [5.41, 5.74) is 1.02. The fourth-order valence-corrected chi connectivity index (χ4v) is 3.58. The number of aromatic nitrogens is 1. The Hall–Kier alpha value is -1.32. The lowest BCUT2D eigenvalue weighted by Gasteiger charge is -2.20. The summed E-state index contributed by atoms with van der Waals surface area (Å²) in [5, 5.41) is 13.6. The van der Waals surface area contributed by atoms with Gasteiger partial charge in [0.1, 0.15) is 0 Å². The molecular weight excluding hydrogens is 469 g/mol. The molecule has 160 valence electrons. The summed E-state index contributed by atoms with van der Waals surface area (Å²) < 4.78 is 5.42. The van der Waals surface area contributed by atoms with Gasteiger partial charge in [-0.25, -0.2) is 0 Å². The van der Waals surface area contributed by atoms with Crippen molar-refractivity contribution in [1.82, 2.24) is 21.1 Å². The molecule has 0 bridgehead atoms. The van der Waals surface area contributed by atoms with E-state index in [1.165, 1.54) is 19.3 Å². The zero-order chi connectivity index (χ0) is 19.5.